The Balaban J connectivity index is 1.51. The fourth-order valence-electron chi connectivity index (χ4n) is 7.02. The van der Waals surface area contributed by atoms with Gasteiger partial charge in [0.15, 0.2) is 0 Å². The van der Waals surface area contributed by atoms with Crippen LogP contribution in [0.25, 0.3) is 61.6 Å². The highest BCUT2D eigenvalue weighted by Crippen LogP contribution is 2.41. The van der Waals surface area contributed by atoms with Gasteiger partial charge in [0, 0.05) is 23.0 Å². The van der Waals surface area contributed by atoms with Crippen LogP contribution in [-0.2, 0) is 16.2 Å². The lowest BCUT2D eigenvalue weighted by molar-refractivity contribution is 0.474. The van der Waals surface area contributed by atoms with E-state index in [1.54, 1.807) is 0 Å². The summed E-state index contributed by atoms with van der Waals surface area (Å²) in [5, 5.41) is 11.2. The van der Waals surface area contributed by atoms with Crippen LogP contribution in [0.3, 0.4) is 0 Å². The van der Waals surface area contributed by atoms with Crippen LogP contribution in [0.5, 0.6) is 5.75 Å². The predicted molar refractivity (Wildman–Crippen MR) is 223 cm³/mol. The molecule has 0 atom stereocenters. The summed E-state index contributed by atoms with van der Waals surface area (Å²) >= 11 is 0. The van der Waals surface area contributed by atoms with Crippen LogP contribution in [0, 0.1) is 12.7 Å². The molecule has 5 heteroatoms. The Labute approximate surface area is 319 Å². The Hall–Kier alpha value is -5.55. The molecule has 0 aliphatic heterocycles. The molecule has 0 spiro atoms. The zero-order valence-corrected chi connectivity index (χ0v) is 33.1. The quantitative estimate of drug-likeness (QED) is 0.193. The van der Waals surface area contributed by atoms with Gasteiger partial charge in [-0.15, -0.1) is 0 Å². The van der Waals surface area contributed by atoms with Crippen LogP contribution in [0.15, 0.2) is 115 Å². The molecule has 0 aliphatic rings. The number of hydrogen-bond donors (Lipinski definition) is 1. The van der Waals surface area contributed by atoms with E-state index in [0.717, 1.165) is 50.2 Å². The van der Waals surface area contributed by atoms with Crippen molar-refractivity contribution in [1.29, 1.82) is 0 Å². The number of imidazole rings is 1. The Morgan fingerprint density at radius 2 is 1.20 bits per heavy atom. The van der Waals surface area contributed by atoms with Crippen LogP contribution < -0.4 is 0 Å². The third kappa shape index (κ3) is 7.20. The highest BCUT2D eigenvalue weighted by atomic mass is 19.1. The summed E-state index contributed by atoms with van der Waals surface area (Å²) in [5.41, 5.74) is 13.3. The molecule has 7 aromatic rings. The average molecular weight is 716 g/mol. The highest BCUT2D eigenvalue weighted by Gasteiger charge is 2.26. The second-order valence-electron chi connectivity index (χ2n) is 17.7. The third-order valence-corrected chi connectivity index (χ3v) is 10.3. The lowest BCUT2D eigenvalue weighted by Gasteiger charge is -2.27. The molecule has 0 saturated heterocycles. The van der Waals surface area contributed by atoms with Gasteiger partial charge in [-0.25, -0.2) is 9.37 Å². The molecule has 5 aromatic carbocycles. The number of nitrogens with zero attached hydrogens (tertiary/aromatic N) is 3. The van der Waals surface area contributed by atoms with Crippen molar-refractivity contribution in [3.8, 4) is 56.3 Å². The van der Waals surface area contributed by atoms with Gasteiger partial charge in [-0.1, -0.05) is 116 Å². The molecule has 0 aliphatic carbocycles. The summed E-state index contributed by atoms with van der Waals surface area (Å²) in [7, 11) is 0. The van der Waals surface area contributed by atoms with Crippen LogP contribution >= 0.6 is 0 Å². The molecule has 0 fully saturated rings. The minimum atomic E-state index is -0.441. The van der Waals surface area contributed by atoms with Gasteiger partial charge in [0.25, 0.3) is 0 Å². The van der Waals surface area contributed by atoms with Crippen molar-refractivity contribution >= 4 is 11.0 Å². The number of aromatic nitrogens is 3. The molecule has 7 rings (SSSR count). The molecule has 2 heterocycles. The fraction of sp³-hybridized carbons (Fsp3) is 0.265. The first-order valence-electron chi connectivity index (χ1n) is 18.7. The van der Waals surface area contributed by atoms with Gasteiger partial charge < -0.3 is 5.11 Å². The van der Waals surface area contributed by atoms with Crippen molar-refractivity contribution < 1.29 is 9.50 Å². The van der Waals surface area contributed by atoms with Gasteiger partial charge >= 0.3 is 0 Å². The Morgan fingerprint density at radius 3 is 1.87 bits per heavy atom. The second kappa shape index (κ2) is 13.4. The summed E-state index contributed by atoms with van der Waals surface area (Å²) in [6.07, 6.45) is 1.88. The topological polar surface area (TPSA) is 50.9 Å². The minimum Gasteiger partial charge on any atom is -0.507 e. The normalized spacial score (nSPS) is 12.4. The van der Waals surface area contributed by atoms with Gasteiger partial charge in [0.05, 0.1) is 22.3 Å². The molecule has 0 unspecified atom stereocenters. The van der Waals surface area contributed by atoms with E-state index in [2.05, 4.69) is 165 Å². The summed E-state index contributed by atoms with van der Waals surface area (Å²) in [6.45, 7) is 22.1. The predicted octanol–water partition coefficient (Wildman–Crippen LogP) is 13.1. The van der Waals surface area contributed by atoms with Gasteiger partial charge in [-0.2, -0.15) is 0 Å². The molecule has 0 bridgehead atoms. The fourth-order valence-corrected chi connectivity index (χ4v) is 7.02. The van der Waals surface area contributed by atoms with Gasteiger partial charge in [0.2, 0.25) is 0 Å². The molecule has 274 valence electrons. The van der Waals surface area contributed by atoms with E-state index >= 15 is 0 Å². The average Bonchev–Trinajstić information content (AvgIpc) is 3.51. The number of pyridine rings is 1. The first-order valence-corrected chi connectivity index (χ1v) is 18.7. The summed E-state index contributed by atoms with van der Waals surface area (Å²) in [4.78, 5) is 10.2. The van der Waals surface area contributed by atoms with Crippen LogP contribution in [0.1, 0.15) is 84.6 Å². The Kier molecular flexibility index (Phi) is 9.12. The molecule has 0 saturated carbocycles. The molecule has 0 radical (unpaired) electrons. The lowest BCUT2D eigenvalue weighted by Crippen LogP contribution is -2.17. The summed E-state index contributed by atoms with van der Waals surface area (Å²) < 4.78 is 17.1. The number of para-hydroxylation sites is 1. The van der Waals surface area contributed by atoms with Crippen molar-refractivity contribution in [1.82, 2.24) is 14.5 Å². The molecule has 0 amide bonds. The van der Waals surface area contributed by atoms with E-state index in [4.69, 9.17) is 9.97 Å². The molecule has 4 nitrogen and oxygen atoms in total. The number of benzene rings is 5. The first kappa shape index (κ1) is 36.8. The van der Waals surface area contributed by atoms with Crippen molar-refractivity contribution in [2.75, 3.05) is 0 Å². The van der Waals surface area contributed by atoms with E-state index in [1.807, 2.05) is 6.20 Å². The summed E-state index contributed by atoms with van der Waals surface area (Å²) in [5.74, 6) is -0.00225. The molecule has 1 N–H and O–H groups in total. The third-order valence-electron chi connectivity index (χ3n) is 10.3. The van der Waals surface area contributed by atoms with E-state index in [-0.39, 0.29) is 22.0 Å². The standard InChI is InChI=1S/C49H50FN3O/c1-30-13-11-14-31(21-30)32-19-20-51-42(25-32)34-22-33(23-35(24-34)47(2,3)4)40-15-12-16-43-45(40)52-46(41-29-38(50)17-18-44(41)54)53(43)39-27-36(48(5,6)7)26-37(28-39)49(8,9)10/h11-29,54H,1-10H3. The monoisotopic (exact) mass is 715 g/mol. The first-order chi connectivity index (χ1) is 25.4. The van der Waals surface area contributed by atoms with Crippen LogP contribution in [0.4, 0.5) is 4.39 Å². The lowest BCUT2D eigenvalue weighted by atomic mass is 9.80. The zero-order valence-electron chi connectivity index (χ0n) is 33.1. The number of aryl methyl sites for hydroxylation is 1. The number of phenols is 1. The van der Waals surface area contributed by atoms with E-state index in [1.165, 1.54) is 40.5 Å². The van der Waals surface area contributed by atoms with E-state index < -0.39 is 5.82 Å². The molecule has 2 aromatic heterocycles. The second-order valence-corrected chi connectivity index (χ2v) is 17.7. The van der Waals surface area contributed by atoms with Gasteiger partial charge in [-0.05, 0) is 117 Å². The van der Waals surface area contributed by atoms with Crippen LogP contribution in [-0.4, -0.2) is 19.6 Å². The molecular weight excluding hydrogens is 666 g/mol. The maximum atomic E-state index is 15.0. The van der Waals surface area contributed by atoms with Gasteiger partial charge in [0.1, 0.15) is 17.4 Å². The number of aromatic hydroxyl groups is 1. The molecular formula is C49H50FN3O. The number of fused-ring (bicyclic) bond motifs is 1. The minimum absolute atomic E-state index is 0.0332. The Bertz CT molecular complexity index is 2510. The number of rotatable bonds is 5. The Morgan fingerprint density at radius 1 is 0.574 bits per heavy atom. The number of hydrogen-bond acceptors (Lipinski definition) is 3. The highest BCUT2D eigenvalue weighted by molar-refractivity contribution is 5.97. The van der Waals surface area contributed by atoms with E-state index in [0.29, 0.717) is 11.4 Å². The van der Waals surface area contributed by atoms with Crippen molar-refractivity contribution in [3.63, 3.8) is 0 Å². The maximum Gasteiger partial charge on any atom is 0.149 e. The largest absolute Gasteiger partial charge is 0.507 e. The van der Waals surface area contributed by atoms with Crippen molar-refractivity contribution in [3.05, 3.63) is 143 Å². The van der Waals surface area contributed by atoms with Gasteiger partial charge in [-0.3, -0.25) is 9.55 Å². The van der Waals surface area contributed by atoms with Crippen LogP contribution in [0.2, 0.25) is 0 Å². The summed E-state index contributed by atoms with van der Waals surface area (Å²) in [6, 6.07) is 36.4. The van der Waals surface area contributed by atoms with Crippen molar-refractivity contribution in [2.45, 2.75) is 85.5 Å². The smallest absolute Gasteiger partial charge is 0.149 e. The number of phenolic OH excluding ortho intramolecular Hbond substituents is 1. The van der Waals surface area contributed by atoms with Crippen molar-refractivity contribution in [2.24, 2.45) is 0 Å². The zero-order chi connectivity index (χ0) is 38.7. The molecule has 54 heavy (non-hydrogen) atoms. The number of halogens is 1. The maximum absolute atomic E-state index is 15.0. The SMILES string of the molecule is Cc1cccc(-c2ccnc(-c3cc(-c4cccc5c4nc(-c4cc(F)ccc4O)n5-c4cc(C(C)(C)C)cc(C(C)(C)C)c4)cc(C(C)(C)C)c3)c2)c1. The van der Waals surface area contributed by atoms with E-state index in [9.17, 15) is 9.50 Å².